The molecular formula is C15H24ClIN4O. The van der Waals surface area contributed by atoms with Crippen molar-refractivity contribution in [2.45, 2.75) is 20.4 Å². The molecule has 0 aliphatic heterocycles. The standard InChI is InChI=1S/C15H23ClN4O.HI/c1-11(2)14(21)18-8-9-19-15(17-3)20-10-12-4-6-13(16)7-5-12;/h4-7,11H,8-10H2,1-3H3,(H,18,21)(H2,17,19,20);1H. The van der Waals surface area contributed by atoms with Crippen LogP contribution in [-0.2, 0) is 11.3 Å². The Morgan fingerprint density at radius 3 is 2.27 bits per heavy atom. The minimum atomic E-state index is 0. The molecule has 0 bridgehead atoms. The lowest BCUT2D eigenvalue weighted by atomic mass is 10.2. The van der Waals surface area contributed by atoms with E-state index in [0.717, 1.165) is 10.6 Å². The second-order valence-electron chi connectivity index (χ2n) is 4.92. The lowest BCUT2D eigenvalue weighted by Gasteiger charge is -2.13. The summed E-state index contributed by atoms with van der Waals surface area (Å²) < 4.78 is 0. The molecule has 0 unspecified atom stereocenters. The van der Waals surface area contributed by atoms with Gasteiger partial charge in [-0.2, -0.15) is 0 Å². The fourth-order valence-electron chi connectivity index (χ4n) is 1.58. The predicted octanol–water partition coefficient (Wildman–Crippen LogP) is 2.40. The molecular weight excluding hydrogens is 415 g/mol. The normalized spacial score (nSPS) is 10.9. The summed E-state index contributed by atoms with van der Waals surface area (Å²) in [4.78, 5) is 15.5. The highest BCUT2D eigenvalue weighted by Crippen LogP contribution is 2.08. The molecule has 1 rings (SSSR count). The van der Waals surface area contributed by atoms with Gasteiger partial charge in [0.05, 0.1) is 0 Å². The molecule has 0 aliphatic carbocycles. The predicted molar refractivity (Wildman–Crippen MR) is 103 cm³/mol. The van der Waals surface area contributed by atoms with Crippen LogP contribution in [0.1, 0.15) is 19.4 Å². The fourth-order valence-corrected chi connectivity index (χ4v) is 1.71. The third-order valence-electron chi connectivity index (χ3n) is 2.84. The molecule has 124 valence electrons. The number of benzene rings is 1. The number of aliphatic imine (C=N–C) groups is 1. The molecule has 0 spiro atoms. The zero-order chi connectivity index (χ0) is 15.7. The van der Waals surface area contributed by atoms with Crippen molar-refractivity contribution in [2.75, 3.05) is 20.1 Å². The summed E-state index contributed by atoms with van der Waals surface area (Å²) in [6.45, 7) is 5.59. The lowest BCUT2D eigenvalue weighted by molar-refractivity contribution is -0.123. The zero-order valence-corrected chi connectivity index (χ0v) is 16.2. The van der Waals surface area contributed by atoms with Gasteiger partial charge in [-0.05, 0) is 17.7 Å². The summed E-state index contributed by atoms with van der Waals surface area (Å²) >= 11 is 5.84. The molecule has 0 fully saturated rings. The Labute approximate surface area is 154 Å². The maximum absolute atomic E-state index is 11.4. The van der Waals surface area contributed by atoms with Crippen LogP contribution >= 0.6 is 35.6 Å². The number of carbonyl (C=O) groups is 1. The number of nitrogens with zero attached hydrogens (tertiary/aromatic N) is 1. The maximum Gasteiger partial charge on any atom is 0.222 e. The quantitative estimate of drug-likeness (QED) is 0.277. The van der Waals surface area contributed by atoms with Gasteiger partial charge >= 0.3 is 0 Å². The van der Waals surface area contributed by atoms with E-state index >= 15 is 0 Å². The Morgan fingerprint density at radius 2 is 1.73 bits per heavy atom. The van der Waals surface area contributed by atoms with Gasteiger partial charge in [-0.1, -0.05) is 37.6 Å². The van der Waals surface area contributed by atoms with E-state index in [9.17, 15) is 4.79 Å². The largest absolute Gasteiger partial charge is 0.355 e. The van der Waals surface area contributed by atoms with Crippen LogP contribution in [0.3, 0.4) is 0 Å². The molecule has 1 aromatic rings. The summed E-state index contributed by atoms with van der Waals surface area (Å²) in [5.41, 5.74) is 1.12. The van der Waals surface area contributed by atoms with Gasteiger partial charge in [-0.25, -0.2) is 0 Å². The SMILES string of the molecule is CN=C(NCCNC(=O)C(C)C)NCc1ccc(Cl)cc1.I. The fraction of sp³-hybridized carbons (Fsp3) is 0.467. The van der Waals surface area contributed by atoms with E-state index in [-0.39, 0.29) is 35.8 Å². The molecule has 0 saturated heterocycles. The Kier molecular flexibility index (Phi) is 11.0. The van der Waals surface area contributed by atoms with Crippen LogP contribution < -0.4 is 16.0 Å². The number of nitrogens with one attached hydrogen (secondary N) is 3. The van der Waals surface area contributed by atoms with Gasteiger partial charge in [-0.3, -0.25) is 9.79 Å². The average Bonchev–Trinajstić information content (AvgIpc) is 2.47. The van der Waals surface area contributed by atoms with E-state index in [1.54, 1.807) is 7.05 Å². The molecule has 1 aromatic carbocycles. The smallest absolute Gasteiger partial charge is 0.222 e. The summed E-state index contributed by atoms with van der Waals surface area (Å²) in [7, 11) is 1.71. The average molecular weight is 439 g/mol. The van der Waals surface area contributed by atoms with E-state index in [4.69, 9.17) is 11.6 Å². The summed E-state index contributed by atoms with van der Waals surface area (Å²) in [5, 5.41) is 9.91. The molecule has 0 atom stereocenters. The first-order valence-corrected chi connectivity index (χ1v) is 7.37. The van der Waals surface area contributed by atoms with E-state index in [1.807, 2.05) is 38.1 Å². The van der Waals surface area contributed by atoms with Crippen molar-refractivity contribution in [1.82, 2.24) is 16.0 Å². The van der Waals surface area contributed by atoms with Crippen LogP contribution in [0.25, 0.3) is 0 Å². The molecule has 1 amide bonds. The van der Waals surface area contributed by atoms with Crippen molar-refractivity contribution < 1.29 is 4.79 Å². The Bertz CT molecular complexity index is 477. The maximum atomic E-state index is 11.4. The number of amides is 1. The van der Waals surface area contributed by atoms with Crippen LogP contribution in [0.2, 0.25) is 5.02 Å². The van der Waals surface area contributed by atoms with Gasteiger partial charge in [0.1, 0.15) is 0 Å². The van der Waals surface area contributed by atoms with Gasteiger partial charge in [-0.15, -0.1) is 24.0 Å². The molecule has 22 heavy (non-hydrogen) atoms. The minimum Gasteiger partial charge on any atom is -0.355 e. The van der Waals surface area contributed by atoms with Gasteiger partial charge in [0.25, 0.3) is 0 Å². The van der Waals surface area contributed by atoms with Crippen molar-refractivity contribution >= 4 is 47.4 Å². The highest BCUT2D eigenvalue weighted by molar-refractivity contribution is 14.0. The summed E-state index contributed by atoms with van der Waals surface area (Å²) in [6.07, 6.45) is 0. The highest BCUT2D eigenvalue weighted by Gasteiger charge is 2.05. The number of guanidine groups is 1. The molecule has 7 heteroatoms. The topological polar surface area (TPSA) is 65.5 Å². The van der Waals surface area contributed by atoms with Crippen molar-refractivity contribution in [3.05, 3.63) is 34.9 Å². The first-order valence-electron chi connectivity index (χ1n) is 6.99. The molecule has 0 aromatic heterocycles. The first-order chi connectivity index (χ1) is 10.0. The summed E-state index contributed by atoms with van der Waals surface area (Å²) in [6, 6.07) is 7.64. The summed E-state index contributed by atoms with van der Waals surface area (Å²) in [5.74, 6) is 0.761. The number of halogens is 2. The third-order valence-corrected chi connectivity index (χ3v) is 3.09. The molecule has 5 nitrogen and oxygen atoms in total. The Balaban J connectivity index is 0.00000441. The van der Waals surface area contributed by atoms with E-state index in [0.29, 0.717) is 25.6 Å². The monoisotopic (exact) mass is 438 g/mol. The van der Waals surface area contributed by atoms with E-state index in [2.05, 4.69) is 20.9 Å². The van der Waals surface area contributed by atoms with Crippen molar-refractivity contribution in [1.29, 1.82) is 0 Å². The number of hydrogen-bond acceptors (Lipinski definition) is 2. The van der Waals surface area contributed by atoms with Crippen LogP contribution in [0.4, 0.5) is 0 Å². The van der Waals surface area contributed by atoms with Crippen LogP contribution in [0.15, 0.2) is 29.3 Å². The van der Waals surface area contributed by atoms with Gasteiger partial charge in [0.15, 0.2) is 5.96 Å². The van der Waals surface area contributed by atoms with E-state index < -0.39 is 0 Å². The van der Waals surface area contributed by atoms with Crippen LogP contribution in [0.5, 0.6) is 0 Å². The first kappa shape index (κ1) is 21.0. The van der Waals surface area contributed by atoms with Crippen molar-refractivity contribution in [3.8, 4) is 0 Å². The second-order valence-corrected chi connectivity index (χ2v) is 5.36. The Morgan fingerprint density at radius 1 is 1.14 bits per heavy atom. The Hall–Kier alpha value is -1.02. The molecule has 0 saturated carbocycles. The molecule has 0 aliphatic rings. The highest BCUT2D eigenvalue weighted by atomic mass is 127. The number of rotatable bonds is 6. The van der Waals surface area contributed by atoms with Crippen molar-refractivity contribution in [3.63, 3.8) is 0 Å². The number of carbonyl (C=O) groups excluding carboxylic acids is 1. The van der Waals surface area contributed by atoms with Crippen LogP contribution in [-0.4, -0.2) is 32.0 Å². The third kappa shape index (κ3) is 8.43. The van der Waals surface area contributed by atoms with Gasteiger partial charge < -0.3 is 16.0 Å². The molecule has 0 radical (unpaired) electrons. The van der Waals surface area contributed by atoms with Crippen molar-refractivity contribution in [2.24, 2.45) is 10.9 Å². The lowest BCUT2D eigenvalue weighted by Crippen LogP contribution is -2.41. The second kappa shape index (κ2) is 11.5. The van der Waals surface area contributed by atoms with Gasteiger partial charge in [0, 0.05) is 37.6 Å². The van der Waals surface area contributed by atoms with Crippen LogP contribution in [0, 0.1) is 5.92 Å². The van der Waals surface area contributed by atoms with Gasteiger partial charge in [0.2, 0.25) is 5.91 Å². The zero-order valence-electron chi connectivity index (χ0n) is 13.1. The number of hydrogen-bond donors (Lipinski definition) is 3. The minimum absolute atomic E-state index is 0. The molecule has 0 heterocycles. The van der Waals surface area contributed by atoms with E-state index in [1.165, 1.54) is 0 Å². The molecule has 3 N–H and O–H groups in total.